The fraction of sp³-hybridized carbons (Fsp3) is 0.588. The third kappa shape index (κ3) is 7.27. The number of hydrogen-bond donors (Lipinski definition) is 2. The highest BCUT2D eigenvalue weighted by atomic mass is 79.9. The van der Waals surface area contributed by atoms with Crippen LogP contribution in [0.5, 0.6) is 5.75 Å². The molecule has 1 rings (SSSR count). The Kier molecular flexibility index (Phi) is 9.16. The van der Waals surface area contributed by atoms with Gasteiger partial charge in [0, 0.05) is 19.1 Å². The quantitative estimate of drug-likeness (QED) is 0.618. The number of aliphatic hydroxyl groups is 1. The summed E-state index contributed by atoms with van der Waals surface area (Å²) < 4.78 is 6.56. The second kappa shape index (κ2) is 10.6. The van der Waals surface area contributed by atoms with Gasteiger partial charge in [-0.2, -0.15) is 0 Å². The van der Waals surface area contributed by atoms with Crippen molar-refractivity contribution in [1.82, 2.24) is 5.32 Å². The Morgan fingerprint density at radius 3 is 2.77 bits per heavy atom. The van der Waals surface area contributed by atoms with Gasteiger partial charge in [-0.1, -0.05) is 26.0 Å². The Labute approximate surface area is 141 Å². The fourth-order valence-corrected chi connectivity index (χ4v) is 2.56. The largest absolute Gasteiger partial charge is 0.492 e. The third-order valence-corrected chi connectivity index (χ3v) is 4.15. The molecule has 124 valence electrons. The minimum atomic E-state index is 0.0488. The first-order valence-electron chi connectivity index (χ1n) is 7.84. The number of nitrogens with one attached hydrogen (secondary N) is 1. The minimum Gasteiger partial charge on any atom is -0.492 e. The summed E-state index contributed by atoms with van der Waals surface area (Å²) in [5.41, 5.74) is 0. The highest BCUT2D eigenvalue weighted by Crippen LogP contribution is 2.23. The predicted octanol–water partition coefficient (Wildman–Crippen LogP) is 3.52. The lowest BCUT2D eigenvalue weighted by atomic mass is 10.0. The molecule has 5 heteroatoms. The second-order valence-corrected chi connectivity index (χ2v) is 6.43. The van der Waals surface area contributed by atoms with Gasteiger partial charge in [0.05, 0.1) is 11.1 Å². The molecule has 0 aliphatic carbocycles. The average Bonchev–Trinajstić information content (AvgIpc) is 2.52. The highest BCUT2D eigenvalue weighted by Gasteiger charge is 2.13. The van der Waals surface area contributed by atoms with Crippen molar-refractivity contribution in [3.8, 4) is 5.75 Å². The van der Waals surface area contributed by atoms with Crippen molar-refractivity contribution in [3.63, 3.8) is 0 Å². The van der Waals surface area contributed by atoms with Crippen molar-refractivity contribution in [2.24, 2.45) is 5.92 Å². The number of aliphatic hydroxyl groups excluding tert-OH is 1. The first-order valence-corrected chi connectivity index (χ1v) is 8.63. The molecule has 4 nitrogen and oxygen atoms in total. The number of carbonyl (C=O) groups is 1. The minimum absolute atomic E-state index is 0.0488. The van der Waals surface area contributed by atoms with Crippen LogP contribution in [-0.4, -0.2) is 30.3 Å². The summed E-state index contributed by atoms with van der Waals surface area (Å²) >= 11 is 3.42. The monoisotopic (exact) mass is 371 g/mol. The predicted molar refractivity (Wildman–Crippen MR) is 92.0 cm³/mol. The van der Waals surface area contributed by atoms with Crippen molar-refractivity contribution in [2.45, 2.75) is 45.6 Å². The van der Waals surface area contributed by atoms with Crippen LogP contribution in [0.2, 0.25) is 0 Å². The molecule has 0 saturated carbocycles. The van der Waals surface area contributed by atoms with Crippen LogP contribution >= 0.6 is 15.9 Å². The molecule has 0 radical (unpaired) electrons. The standard InChI is InChI=1S/C17H26BrNO3/c1-3-14(11-13(2)12-20)19-17(21)9-6-10-22-16-8-5-4-7-15(16)18/h4-5,7-8,13-14,20H,3,6,9-12H2,1-2H3,(H,19,21)/t13-,14+/m0/s1. The van der Waals surface area contributed by atoms with Crippen LogP contribution in [0, 0.1) is 5.92 Å². The van der Waals surface area contributed by atoms with Crippen LogP contribution in [0.4, 0.5) is 0 Å². The molecule has 2 atom stereocenters. The summed E-state index contributed by atoms with van der Waals surface area (Å²) in [5.74, 6) is 1.06. The van der Waals surface area contributed by atoms with Gasteiger partial charge in [0.25, 0.3) is 0 Å². The van der Waals surface area contributed by atoms with Crippen molar-refractivity contribution >= 4 is 21.8 Å². The van der Waals surface area contributed by atoms with Gasteiger partial charge in [0.1, 0.15) is 5.75 Å². The van der Waals surface area contributed by atoms with E-state index in [-0.39, 0.29) is 24.5 Å². The first kappa shape index (κ1) is 19.0. The Balaban J connectivity index is 2.24. The highest BCUT2D eigenvalue weighted by molar-refractivity contribution is 9.10. The fourth-order valence-electron chi connectivity index (χ4n) is 2.16. The summed E-state index contributed by atoms with van der Waals surface area (Å²) in [6.45, 7) is 4.71. The number of hydrogen-bond acceptors (Lipinski definition) is 3. The first-order chi connectivity index (χ1) is 10.6. The molecule has 0 saturated heterocycles. The Hall–Kier alpha value is -1.07. The number of para-hydroxylation sites is 1. The molecule has 1 aromatic carbocycles. The molecular weight excluding hydrogens is 346 g/mol. The van der Waals surface area contributed by atoms with Crippen molar-refractivity contribution in [2.75, 3.05) is 13.2 Å². The lowest BCUT2D eigenvalue weighted by Crippen LogP contribution is -2.36. The Morgan fingerprint density at radius 2 is 2.14 bits per heavy atom. The molecule has 1 amide bonds. The molecule has 0 heterocycles. The summed E-state index contributed by atoms with van der Waals surface area (Å²) in [4.78, 5) is 11.9. The van der Waals surface area contributed by atoms with E-state index in [0.717, 1.165) is 23.1 Å². The third-order valence-electron chi connectivity index (χ3n) is 3.50. The number of benzene rings is 1. The lowest BCUT2D eigenvalue weighted by molar-refractivity contribution is -0.122. The number of halogens is 1. The van der Waals surface area contributed by atoms with Crippen LogP contribution in [0.1, 0.15) is 39.5 Å². The Bertz CT molecular complexity index is 453. The number of amides is 1. The van der Waals surface area contributed by atoms with Crippen molar-refractivity contribution in [3.05, 3.63) is 28.7 Å². The van der Waals surface area contributed by atoms with Gasteiger partial charge in [-0.15, -0.1) is 0 Å². The van der Waals surface area contributed by atoms with Gasteiger partial charge in [-0.05, 0) is 53.2 Å². The summed E-state index contributed by atoms with van der Waals surface area (Å²) in [6.07, 6.45) is 2.82. The van der Waals surface area contributed by atoms with E-state index in [1.807, 2.05) is 38.1 Å². The van der Waals surface area contributed by atoms with Crippen LogP contribution in [0.25, 0.3) is 0 Å². The van der Waals surface area contributed by atoms with E-state index in [1.165, 1.54) is 0 Å². The van der Waals surface area contributed by atoms with Crippen molar-refractivity contribution in [1.29, 1.82) is 0 Å². The van der Waals surface area contributed by atoms with E-state index < -0.39 is 0 Å². The maximum atomic E-state index is 11.9. The number of carbonyl (C=O) groups excluding carboxylic acids is 1. The Morgan fingerprint density at radius 1 is 1.41 bits per heavy atom. The van der Waals surface area contributed by atoms with Gasteiger partial charge in [0.2, 0.25) is 5.91 Å². The molecule has 0 aromatic heterocycles. The van der Waals surface area contributed by atoms with Gasteiger partial charge in [-0.25, -0.2) is 0 Å². The SMILES string of the molecule is CC[C@H](C[C@H](C)CO)NC(=O)CCCOc1ccccc1Br. The van der Waals surface area contributed by atoms with E-state index in [2.05, 4.69) is 21.2 Å². The zero-order valence-electron chi connectivity index (χ0n) is 13.3. The van der Waals surface area contributed by atoms with E-state index in [1.54, 1.807) is 0 Å². The maximum Gasteiger partial charge on any atom is 0.220 e. The molecule has 0 fully saturated rings. The smallest absolute Gasteiger partial charge is 0.220 e. The summed E-state index contributed by atoms with van der Waals surface area (Å²) in [7, 11) is 0. The second-order valence-electron chi connectivity index (χ2n) is 5.58. The zero-order valence-corrected chi connectivity index (χ0v) is 14.9. The van der Waals surface area contributed by atoms with Crippen LogP contribution < -0.4 is 10.1 Å². The van der Waals surface area contributed by atoms with Gasteiger partial charge >= 0.3 is 0 Å². The molecule has 0 spiro atoms. The lowest BCUT2D eigenvalue weighted by Gasteiger charge is -2.20. The van der Waals surface area contributed by atoms with Crippen LogP contribution in [0.15, 0.2) is 28.7 Å². The summed E-state index contributed by atoms with van der Waals surface area (Å²) in [5, 5.41) is 12.1. The molecule has 22 heavy (non-hydrogen) atoms. The molecule has 0 aliphatic heterocycles. The van der Waals surface area contributed by atoms with Gasteiger partial charge in [-0.3, -0.25) is 4.79 Å². The molecule has 1 aromatic rings. The number of ether oxygens (including phenoxy) is 1. The number of rotatable bonds is 10. The van der Waals surface area contributed by atoms with Gasteiger partial charge in [0.15, 0.2) is 0 Å². The normalized spacial score (nSPS) is 13.5. The molecular formula is C17H26BrNO3. The van der Waals surface area contributed by atoms with E-state index in [0.29, 0.717) is 19.4 Å². The van der Waals surface area contributed by atoms with Crippen LogP contribution in [-0.2, 0) is 4.79 Å². The average molecular weight is 372 g/mol. The topological polar surface area (TPSA) is 58.6 Å². The molecule has 0 unspecified atom stereocenters. The summed E-state index contributed by atoms with van der Waals surface area (Å²) in [6, 6.07) is 7.81. The van der Waals surface area contributed by atoms with Crippen molar-refractivity contribution < 1.29 is 14.6 Å². The van der Waals surface area contributed by atoms with E-state index >= 15 is 0 Å². The van der Waals surface area contributed by atoms with Gasteiger partial charge < -0.3 is 15.2 Å². The molecule has 0 aliphatic rings. The van der Waals surface area contributed by atoms with E-state index in [9.17, 15) is 4.79 Å². The molecule has 0 bridgehead atoms. The zero-order chi connectivity index (χ0) is 16.4. The maximum absolute atomic E-state index is 11.9. The van der Waals surface area contributed by atoms with Crippen LogP contribution in [0.3, 0.4) is 0 Å². The van der Waals surface area contributed by atoms with E-state index in [4.69, 9.17) is 9.84 Å². The molecule has 2 N–H and O–H groups in total.